The summed E-state index contributed by atoms with van der Waals surface area (Å²) in [4.78, 5) is 13.4. The maximum Gasteiger partial charge on any atom is 0.154 e. The summed E-state index contributed by atoms with van der Waals surface area (Å²) in [5.41, 5.74) is 9.27. The number of hydrogen-bond acceptors (Lipinski definition) is 6. The first-order chi connectivity index (χ1) is 12.8. The van der Waals surface area contributed by atoms with Gasteiger partial charge in [-0.05, 0) is 43.4 Å². The summed E-state index contributed by atoms with van der Waals surface area (Å²) in [6.45, 7) is 0. The standard InChI is InChI=1S/C20H22N4OS/c21-19-24-20(7-8-26-19)15-3-1-2-4-17(15)25-18-6-5-13(9-16(18)20)14-10-22-12-23-11-14/h5-6,9-12,15,17H,1-4,7-8H2,(H2,21,24)/t15?,17-,20+/m1/s1. The van der Waals surface area contributed by atoms with Crippen molar-refractivity contribution in [3.05, 3.63) is 42.5 Å². The number of nitrogens with two attached hydrogens (primary N) is 1. The first kappa shape index (κ1) is 16.1. The van der Waals surface area contributed by atoms with Gasteiger partial charge >= 0.3 is 0 Å². The Balaban J connectivity index is 1.69. The fourth-order valence-corrected chi connectivity index (χ4v) is 5.65. The van der Waals surface area contributed by atoms with E-state index in [9.17, 15) is 0 Å². The molecular formula is C20H22N4OS. The molecule has 2 N–H and O–H groups in total. The predicted molar refractivity (Wildman–Crippen MR) is 104 cm³/mol. The fourth-order valence-electron chi connectivity index (χ4n) is 4.81. The summed E-state index contributed by atoms with van der Waals surface area (Å²) >= 11 is 1.67. The third-order valence-corrected chi connectivity index (χ3v) is 6.77. The van der Waals surface area contributed by atoms with Crippen LogP contribution in [-0.4, -0.2) is 27.0 Å². The molecule has 0 saturated heterocycles. The maximum absolute atomic E-state index is 6.44. The van der Waals surface area contributed by atoms with Crippen molar-refractivity contribution in [2.24, 2.45) is 16.6 Å². The first-order valence-electron chi connectivity index (χ1n) is 9.31. The first-order valence-corrected chi connectivity index (χ1v) is 10.3. The van der Waals surface area contributed by atoms with Crippen molar-refractivity contribution >= 4 is 16.9 Å². The van der Waals surface area contributed by atoms with Crippen LogP contribution < -0.4 is 10.5 Å². The number of aliphatic imine (C=N–C) groups is 1. The molecule has 3 aliphatic rings. The largest absolute Gasteiger partial charge is 0.490 e. The average Bonchev–Trinajstić information content (AvgIpc) is 2.69. The van der Waals surface area contributed by atoms with Gasteiger partial charge in [0.15, 0.2) is 5.17 Å². The molecule has 1 aromatic carbocycles. The lowest BCUT2D eigenvalue weighted by molar-refractivity contribution is 0.0158. The zero-order chi connectivity index (χ0) is 17.6. The van der Waals surface area contributed by atoms with Gasteiger partial charge < -0.3 is 10.5 Å². The van der Waals surface area contributed by atoms with E-state index in [4.69, 9.17) is 15.5 Å². The minimum Gasteiger partial charge on any atom is -0.490 e. The van der Waals surface area contributed by atoms with Crippen molar-refractivity contribution in [1.29, 1.82) is 0 Å². The van der Waals surface area contributed by atoms with E-state index in [-0.39, 0.29) is 11.6 Å². The van der Waals surface area contributed by atoms with Gasteiger partial charge in [0.25, 0.3) is 0 Å². The Morgan fingerprint density at radius 3 is 2.81 bits per heavy atom. The van der Waals surface area contributed by atoms with E-state index >= 15 is 0 Å². The van der Waals surface area contributed by atoms with Gasteiger partial charge in [0.1, 0.15) is 18.2 Å². The van der Waals surface area contributed by atoms with Gasteiger partial charge in [-0.2, -0.15) is 0 Å². The zero-order valence-corrected chi connectivity index (χ0v) is 15.4. The van der Waals surface area contributed by atoms with Gasteiger partial charge in [-0.1, -0.05) is 24.2 Å². The van der Waals surface area contributed by atoms with Gasteiger partial charge in [-0.15, -0.1) is 0 Å². The number of nitrogens with zero attached hydrogens (tertiary/aromatic N) is 3. The number of fused-ring (bicyclic) bond motifs is 4. The molecule has 1 saturated carbocycles. The molecule has 5 rings (SSSR count). The fraction of sp³-hybridized carbons (Fsp3) is 0.450. The Morgan fingerprint density at radius 1 is 1.12 bits per heavy atom. The molecule has 6 heteroatoms. The number of amidine groups is 1. The molecule has 134 valence electrons. The summed E-state index contributed by atoms with van der Waals surface area (Å²) in [6.07, 6.45) is 11.3. The van der Waals surface area contributed by atoms with Crippen molar-refractivity contribution in [2.75, 3.05) is 5.75 Å². The Bertz CT molecular complexity index is 856. The summed E-state index contributed by atoms with van der Waals surface area (Å²) < 4.78 is 6.44. The van der Waals surface area contributed by atoms with Crippen LogP contribution in [0, 0.1) is 5.92 Å². The van der Waals surface area contributed by atoms with Gasteiger partial charge in [0.2, 0.25) is 0 Å². The molecule has 5 nitrogen and oxygen atoms in total. The van der Waals surface area contributed by atoms with Crippen molar-refractivity contribution in [3.8, 4) is 16.9 Å². The van der Waals surface area contributed by atoms with Crippen LogP contribution in [0.4, 0.5) is 0 Å². The number of ether oxygens (including phenoxy) is 1. The summed E-state index contributed by atoms with van der Waals surface area (Å²) in [6, 6.07) is 6.42. The van der Waals surface area contributed by atoms with E-state index in [1.165, 1.54) is 18.4 Å². The minimum atomic E-state index is -0.250. The third kappa shape index (κ3) is 2.50. The molecule has 3 atom stereocenters. The molecule has 2 aromatic rings. The topological polar surface area (TPSA) is 73.4 Å². The molecule has 1 aromatic heterocycles. The van der Waals surface area contributed by atoms with E-state index in [1.807, 2.05) is 12.4 Å². The van der Waals surface area contributed by atoms with Crippen LogP contribution in [0.15, 0.2) is 41.9 Å². The maximum atomic E-state index is 6.44. The average molecular weight is 366 g/mol. The van der Waals surface area contributed by atoms with E-state index in [0.29, 0.717) is 11.1 Å². The number of hydrogen-bond donors (Lipinski definition) is 1. The number of rotatable bonds is 1. The highest BCUT2D eigenvalue weighted by Gasteiger charge is 2.51. The molecule has 1 unspecified atom stereocenters. The molecule has 0 amide bonds. The Morgan fingerprint density at radius 2 is 1.96 bits per heavy atom. The lowest BCUT2D eigenvalue weighted by atomic mass is 9.66. The normalized spacial score (nSPS) is 30.1. The van der Waals surface area contributed by atoms with Crippen molar-refractivity contribution in [1.82, 2.24) is 9.97 Å². The number of thioether (sulfide) groups is 1. The second kappa shape index (κ2) is 6.27. The number of benzene rings is 1. The quantitative estimate of drug-likeness (QED) is 0.832. The summed E-state index contributed by atoms with van der Waals surface area (Å²) in [5, 5.41) is 0.710. The van der Waals surface area contributed by atoms with Crippen molar-refractivity contribution in [3.63, 3.8) is 0 Å². The van der Waals surface area contributed by atoms with Gasteiger partial charge in [-0.25, -0.2) is 9.97 Å². The summed E-state index contributed by atoms with van der Waals surface area (Å²) in [5.74, 6) is 2.39. The van der Waals surface area contributed by atoms with Crippen LogP contribution in [0.5, 0.6) is 5.75 Å². The lowest BCUT2D eigenvalue weighted by Crippen LogP contribution is -2.50. The zero-order valence-electron chi connectivity index (χ0n) is 14.6. The summed E-state index contributed by atoms with van der Waals surface area (Å²) in [7, 11) is 0. The number of aromatic nitrogens is 2. The minimum absolute atomic E-state index is 0.250. The van der Waals surface area contributed by atoms with Crippen molar-refractivity contribution in [2.45, 2.75) is 43.7 Å². The molecule has 1 spiro atoms. The van der Waals surface area contributed by atoms with E-state index in [2.05, 4.69) is 28.2 Å². The second-order valence-corrected chi connectivity index (χ2v) is 8.47. The molecule has 2 aliphatic heterocycles. The Hall–Kier alpha value is -2.08. The van der Waals surface area contributed by atoms with Crippen molar-refractivity contribution < 1.29 is 4.74 Å². The molecule has 1 fully saturated rings. The van der Waals surface area contributed by atoms with Gasteiger partial charge in [0, 0.05) is 35.2 Å². The van der Waals surface area contributed by atoms with Crippen LogP contribution >= 0.6 is 11.8 Å². The predicted octanol–water partition coefficient (Wildman–Crippen LogP) is 3.74. The molecule has 3 heterocycles. The van der Waals surface area contributed by atoms with E-state index in [1.54, 1.807) is 18.1 Å². The van der Waals surface area contributed by atoms with Gasteiger partial charge in [0.05, 0.1) is 5.54 Å². The monoisotopic (exact) mass is 366 g/mol. The molecule has 1 aliphatic carbocycles. The molecule has 26 heavy (non-hydrogen) atoms. The van der Waals surface area contributed by atoms with E-state index < -0.39 is 0 Å². The molecular weight excluding hydrogens is 344 g/mol. The van der Waals surface area contributed by atoms with Crippen LogP contribution in [0.1, 0.15) is 37.7 Å². The third-order valence-electron chi connectivity index (χ3n) is 5.98. The van der Waals surface area contributed by atoms with Crippen LogP contribution in [0.25, 0.3) is 11.1 Å². The highest BCUT2D eigenvalue weighted by Crippen LogP contribution is 2.54. The Labute approximate surface area is 157 Å². The molecule has 0 radical (unpaired) electrons. The van der Waals surface area contributed by atoms with Gasteiger partial charge in [-0.3, -0.25) is 4.99 Å². The highest BCUT2D eigenvalue weighted by molar-refractivity contribution is 8.13. The highest BCUT2D eigenvalue weighted by atomic mass is 32.2. The van der Waals surface area contributed by atoms with E-state index in [0.717, 1.165) is 41.9 Å². The molecule has 0 bridgehead atoms. The SMILES string of the molecule is NC1=N[C@]2(CCS1)c1cc(-c3cncnc3)ccc1O[C@@H]1CCCCC12. The van der Waals surface area contributed by atoms with Crippen LogP contribution in [0.2, 0.25) is 0 Å². The second-order valence-electron chi connectivity index (χ2n) is 7.36. The van der Waals surface area contributed by atoms with Crippen LogP contribution in [0.3, 0.4) is 0 Å². The Kier molecular flexibility index (Phi) is 3.89. The smallest absolute Gasteiger partial charge is 0.154 e. The van der Waals surface area contributed by atoms with Crippen LogP contribution in [-0.2, 0) is 5.54 Å². The lowest BCUT2D eigenvalue weighted by Gasteiger charge is -2.50.